The molecule has 0 atom stereocenters. The molecule has 0 unspecified atom stereocenters. The summed E-state index contributed by atoms with van der Waals surface area (Å²) < 4.78 is 31.2. The first-order valence-electron chi connectivity index (χ1n) is 4.82. The van der Waals surface area contributed by atoms with Gasteiger partial charge >= 0.3 is 0 Å². The lowest BCUT2D eigenvalue weighted by Crippen LogP contribution is -2.08. The van der Waals surface area contributed by atoms with Crippen molar-refractivity contribution in [1.82, 2.24) is 0 Å². The normalized spacial score (nSPS) is 18.4. The van der Waals surface area contributed by atoms with E-state index in [1.807, 2.05) is 13.8 Å². The lowest BCUT2D eigenvalue weighted by atomic mass is 9.96. The van der Waals surface area contributed by atoms with Gasteiger partial charge < -0.3 is 0 Å². The summed E-state index contributed by atoms with van der Waals surface area (Å²) in [4.78, 5) is 0.128. The van der Waals surface area contributed by atoms with E-state index in [0.29, 0.717) is 0 Å². The van der Waals surface area contributed by atoms with Gasteiger partial charge in [-0.25, -0.2) is 0 Å². The molecule has 0 radical (unpaired) electrons. The van der Waals surface area contributed by atoms with Crippen LogP contribution in [0.2, 0.25) is 0 Å². The molecule has 14 heavy (non-hydrogen) atoms. The second kappa shape index (κ2) is 4.28. The van der Waals surface area contributed by atoms with E-state index in [4.69, 9.17) is 4.55 Å². The van der Waals surface area contributed by atoms with Gasteiger partial charge in [0.1, 0.15) is 0 Å². The number of hydrogen-bond acceptors (Lipinski definition) is 2. The third-order valence-electron chi connectivity index (χ3n) is 2.38. The molecule has 0 aromatic rings. The molecular weight excluding hydrogens is 200 g/mol. The van der Waals surface area contributed by atoms with Crippen LogP contribution in [0.4, 0.5) is 0 Å². The van der Waals surface area contributed by atoms with Gasteiger partial charge in [-0.15, -0.1) is 0 Å². The van der Waals surface area contributed by atoms with Gasteiger partial charge in [0.15, 0.2) is 0 Å². The molecule has 4 heteroatoms. The van der Waals surface area contributed by atoms with Gasteiger partial charge in [0.05, 0.1) is 4.91 Å². The molecule has 0 aromatic heterocycles. The Morgan fingerprint density at radius 3 is 2.57 bits per heavy atom. The highest BCUT2D eigenvalue weighted by molar-refractivity contribution is 7.90. The van der Waals surface area contributed by atoms with E-state index in [0.717, 1.165) is 36.8 Å². The lowest BCUT2D eigenvalue weighted by Gasteiger charge is -2.16. The molecule has 0 aliphatic heterocycles. The van der Waals surface area contributed by atoms with Crippen molar-refractivity contribution in [3.8, 4) is 0 Å². The monoisotopic (exact) mass is 216 g/mol. The van der Waals surface area contributed by atoms with Crippen molar-refractivity contribution in [2.24, 2.45) is 0 Å². The molecular formula is C10H16O3S. The zero-order chi connectivity index (χ0) is 10.8. The summed E-state index contributed by atoms with van der Waals surface area (Å²) in [6.07, 6.45) is 4.89. The molecule has 0 spiro atoms. The van der Waals surface area contributed by atoms with E-state index in [1.165, 1.54) is 0 Å². The molecule has 80 valence electrons. The summed E-state index contributed by atoms with van der Waals surface area (Å²) in [5.74, 6) is 0. The average Bonchev–Trinajstić information content (AvgIpc) is 2.07. The Bertz CT molecular complexity index is 370. The first kappa shape index (κ1) is 11.5. The van der Waals surface area contributed by atoms with Gasteiger partial charge in [-0.1, -0.05) is 18.9 Å². The minimum atomic E-state index is -4.03. The van der Waals surface area contributed by atoms with E-state index in [2.05, 4.69) is 0 Å². The molecule has 1 N–H and O–H groups in total. The Morgan fingerprint density at radius 1 is 1.43 bits per heavy atom. The van der Waals surface area contributed by atoms with Gasteiger partial charge in [-0.2, -0.15) is 8.42 Å². The zero-order valence-electron chi connectivity index (χ0n) is 8.58. The third kappa shape index (κ3) is 2.69. The highest BCUT2D eigenvalue weighted by atomic mass is 32.2. The summed E-state index contributed by atoms with van der Waals surface area (Å²) in [7, 11) is -4.03. The Kier molecular flexibility index (Phi) is 3.50. The second-order valence-corrected chi connectivity index (χ2v) is 5.07. The van der Waals surface area contributed by atoms with Crippen LogP contribution in [0.1, 0.15) is 39.5 Å². The first-order valence-corrected chi connectivity index (χ1v) is 6.26. The summed E-state index contributed by atoms with van der Waals surface area (Å²) in [6.45, 7) is 3.88. The van der Waals surface area contributed by atoms with Gasteiger partial charge in [-0.05, 0) is 37.8 Å². The van der Waals surface area contributed by atoms with Crippen LogP contribution in [-0.4, -0.2) is 13.0 Å². The van der Waals surface area contributed by atoms with E-state index in [1.54, 1.807) is 6.08 Å². The molecule has 0 aromatic carbocycles. The van der Waals surface area contributed by atoms with Crippen LogP contribution < -0.4 is 0 Å². The highest BCUT2D eigenvalue weighted by Crippen LogP contribution is 2.29. The fourth-order valence-electron chi connectivity index (χ4n) is 1.68. The minimum Gasteiger partial charge on any atom is -0.282 e. The van der Waals surface area contributed by atoms with Gasteiger partial charge in [0, 0.05) is 0 Å². The maximum atomic E-state index is 11.1. The van der Waals surface area contributed by atoms with E-state index < -0.39 is 10.1 Å². The Labute approximate surface area is 85.3 Å². The van der Waals surface area contributed by atoms with Crippen molar-refractivity contribution < 1.29 is 13.0 Å². The molecule has 0 saturated heterocycles. The second-order valence-electron chi connectivity index (χ2n) is 3.68. The minimum absolute atomic E-state index is 0.128. The third-order valence-corrected chi connectivity index (χ3v) is 3.34. The summed E-state index contributed by atoms with van der Waals surface area (Å²) in [5, 5.41) is 0. The van der Waals surface area contributed by atoms with E-state index >= 15 is 0 Å². The van der Waals surface area contributed by atoms with E-state index in [-0.39, 0.29) is 4.91 Å². The van der Waals surface area contributed by atoms with Crippen LogP contribution in [0.15, 0.2) is 22.1 Å². The quantitative estimate of drug-likeness (QED) is 0.738. The molecule has 0 fully saturated rings. The van der Waals surface area contributed by atoms with Crippen molar-refractivity contribution in [2.75, 3.05) is 0 Å². The van der Waals surface area contributed by atoms with Crippen LogP contribution in [0.25, 0.3) is 0 Å². The maximum Gasteiger partial charge on any atom is 0.294 e. The maximum absolute atomic E-state index is 11.1. The standard InChI is InChI=1S/C10H16O3S/c1-3-4-9-6-5-8(2)7-10(9)14(11,12)13/h7H,3-6H2,1-2H3,(H,11,12,13). The number of hydrogen-bond donors (Lipinski definition) is 1. The number of allylic oxidation sites excluding steroid dienone is 3. The van der Waals surface area contributed by atoms with Crippen LogP contribution in [0.5, 0.6) is 0 Å². The van der Waals surface area contributed by atoms with Crippen molar-refractivity contribution in [1.29, 1.82) is 0 Å². The van der Waals surface area contributed by atoms with Crippen LogP contribution >= 0.6 is 0 Å². The molecule has 1 aliphatic rings. The molecule has 0 amide bonds. The summed E-state index contributed by atoms with van der Waals surface area (Å²) in [5.41, 5.74) is 1.87. The summed E-state index contributed by atoms with van der Waals surface area (Å²) >= 11 is 0. The number of rotatable bonds is 3. The van der Waals surface area contributed by atoms with Crippen molar-refractivity contribution in [3.63, 3.8) is 0 Å². The smallest absolute Gasteiger partial charge is 0.282 e. The highest BCUT2D eigenvalue weighted by Gasteiger charge is 2.20. The lowest BCUT2D eigenvalue weighted by molar-refractivity contribution is 0.490. The molecule has 0 heterocycles. The SMILES string of the molecule is CCCC1=C(S(=O)(=O)O)C=C(C)CC1. The average molecular weight is 216 g/mol. The van der Waals surface area contributed by atoms with Gasteiger partial charge in [0.25, 0.3) is 10.1 Å². The van der Waals surface area contributed by atoms with Crippen LogP contribution in [0.3, 0.4) is 0 Å². The van der Waals surface area contributed by atoms with Crippen LogP contribution in [0, 0.1) is 0 Å². The molecule has 0 saturated carbocycles. The molecule has 1 aliphatic carbocycles. The van der Waals surface area contributed by atoms with E-state index in [9.17, 15) is 8.42 Å². The predicted molar refractivity (Wildman–Crippen MR) is 56.5 cm³/mol. The molecule has 0 bridgehead atoms. The Balaban J connectivity index is 3.14. The van der Waals surface area contributed by atoms with Gasteiger partial charge in [0.2, 0.25) is 0 Å². The largest absolute Gasteiger partial charge is 0.294 e. The van der Waals surface area contributed by atoms with Crippen LogP contribution in [-0.2, 0) is 10.1 Å². The summed E-state index contributed by atoms with van der Waals surface area (Å²) in [6, 6.07) is 0. The zero-order valence-corrected chi connectivity index (χ0v) is 9.39. The molecule has 1 rings (SSSR count). The van der Waals surface area contributed by atoms with Gasteiger partial charge in [-0.3, -0.25) is 4.55 Å². The predicted octanol–water partition coefficient (Wildman–Crippen LogP) is 2.67. The fourth-order valence-corrected chi connectivity index (χ4v) is 2.60. The Morgan fingerprint density at radius 2 is 2.07 bits per heavy atom. The van der Waals surface area contributed by atoms with Crippen molar-refractivity contribution in [2.45, 2.75) is 39.5 Å². The van der Waals surface area contributed by atoms with Crippen molar-refractivity contribution >= 4 is 10.1 Å². The van der Waals surface area contributed by atoms with Crippen molar-refractivity contribution in [3.05, 3.63) is 22.1 Å². The first-order chi connectivity index (χ1) is 6.45. The Hall–Kier alpha value is -0.610. The fraction of sp³-hybridized carbons (Fsp3) is 0.600. The molecule has 3 nitrogen and oxygen atoms in total. The topological polar surface area (TPSA) is 54.4 Å².